The first-order valence-corrected chi connectivity index (χ1v) is 26.7. The van der Waals surface area contributed by atoms with E-state index in [-0.39, 0.29) is 5.41 Å². The third-order valence-corrected chi connectivity index (χ3v) is 9.97. The molecule has 0 unspecified atom stereocenters. The Bertz CT molecular complexity index is 517. The molecular weight excluding hydrogens is 818 g/mol. The van der Waals surface area contributed by atoms with Gasteiger partial charge in [0.2, 0.25) is 0 Å². The van der Waals surface area contributed by atoms with E-state index in [4.69, 9.17) is 39.8 Å². The predicted octanol–water partition coefficient (Wildman–Crippen LogP) is 13.8. The molecule has 0 aliphatic carbocycles. The van der Waals surface area contributed by atoms with E-state index < -0.39 is 16.5 Å². The fraction of sp³-hybridized carbons (Fsp3) is 1.00. The van der Waals surface area contributed by atoms with E-state index >= 15 is 0 Å². The van der Waals surface area contributed by atoms with Gasteiger partial charge < -0.3 is 20.9 Å². The van der Waals surface area contributed by atoms with Gasteiger partial charge in [0.15, 0.2) is 0 Å². The van der Waals surface area contributed by atoms with Gasteiger partial charge in [0.25, 0.3) is 0 Å². The van der Waals surface area contributed by atoms with E-state index in [9.17, 15) is 0 Å². The summed E-state index contributed by atoms with van der Waals surface area (Å²) < 4.78 is 12.1. The normalized spacial score (nSPS) is 11.7. The van der Waals surface area contributed by atoms with Gasteiger partial charge in [-0.25, -0.2) is 0 Å². The summed E-state index contributed by atoms with van der Waals surface area (Å²) in [5.74, 6) is 0. The van der Waals surface area contributed by atoms with Crippen LogP contribution in [0.1, 0.15) is 219 Å². The van der Waals surface area contributed by atoms with Gasteiger partial charge in [-0.2, -0.15) is 0 Å². The van der Waals surface area contributed by atoms with Gasteiger partial charge in [-0.15, -0.1) is 0 Å². The van der Waals surface area contributed by atoms with Crippen molar-refractivity contribution in [3.05, 3.63) is 0 Å². The number of unbranched alkanes of at least 4 members (excludes halogenated alkanes) is 30. The van der Waals surface area contributed by atoms with E-state index in [1.165, 1.54) is 193 Å². The molecule has 7 heteroatoms. The van der Waals surface area contributed by atoms with E-state index in [0.29, 0.717) is 26.3 Å². The van der Waals surface area contributed by atoms with Crippen LogP contribution in [0.3, 0.4) is 0 Å². The van der Waals surface area contributed by atoms with Crippen molar-refractivity contribution in [2.24, 2.45) is 16.9 Å². The van der Waals surface area contributed by atoms with Crippen molar-refractivity contribution in [2.75, 3.05) is 39.5 Å². The second kappa shape index (κ2) is 46.1. The van der Waals surface area contributed by atoms with Crippen LogP contribution in [0.5, 0.6) is 0 Å². The number of rotatable bonds is 40. The fourth-order valence-electron chi connectivity index (χ4n) is 6.44. The summed E-state index contributed by atoms with van der Waals surface area (Å²) in [4.78, 5) is 0. The van der Waals surface area contributed by atoms with Crippen LogP contribution in [0.15, 0.2) is 0 Å². The van der Waals surface area contributed by atoms with Crippen LogP contribution in [-0.4, -0.2) is 39.5 Å². The van der Waals surface area contributed by atoms with Crippen LogP contribution in [0.4, 0.5) is 0 Å². The minimum atomic E-state index is -0.472. The van der Waals surface area contributed by atoms with Crippen molar-refractivity contribution in [3.63, 3.8) is 0 Å². The van der Waals surface area contributed by atoms with E-state index in [1.54, 1.807) is 0 Å². The zero-order chi connectivity index (χ0) is 35.5. The molecule has 0 heterocycles. The molecule has 296 valence electrons. The number of halogens is 2. The number of ether oxygens (including phenoxy) is 2. The van der Waals surface area contributed by atoms with Gasteiger partial charge in [-0.05, 0) is 12.8 Å². The summed E-state index contributed by atoms with van der Waals surface area (Å²) in [6, 6.07) is 0. The second-order valence-corrected chi connectivity index (χ2v) is 17.9. The first-order chi connectivity index (χ1) is 23.7. The van der Waals surface area contributed by atoms with Crippen molar-refractivity contribution in [2.45, 2.75) is 219 Å². The molecule has 0 atom stereocenters. The zero-order valence-corrected chi connectivity index (χ0v) is 36.2. The van der Waals surface area contributed by atoms with Crippen molar-refractivity contribution < 1.29 is 26.0 Å². The van der Waals surface area contributed by atoms with Crippen LogP contribution in [-0.2, 0) is 26.0 Å². The van der Waals surface area contributed by atoms with Gasteiger partial charge >= 0.3 is 35.3 Å². The molecular formula is C41H86Cl2N2O2Pt. The molecule has 0 aliphatic heterocycles. The number of nitrogens with two attached hydrogens (primary N) is 2. The predicted molar refractivity (Wildman–Crippen MR) is 213 cm³/mol. The summed E-state index contributed by atoms with van der Waals surface area (Å²) in [6.07, 6.45) is 44.6. The quantitative estimate of drug-likeness (QED) is 0.0601. The number of hydrogen-bond donors (Lipinski definition) is 2. The second-order valence-electron chi connectivity index (χ2n) is 14.7. The summed E-state index contributed by atoms with van der Waals surface area (Å²) in [6.45, 7) is 8.53. The van der Waals surface area contributed by atoms with Gasteiger partial charge in [0.05, 0.1) is 13.2 Å². The van der Waals surface area contributed by atoms with Crippen molar-refractivity contribution >= 4 is 18.8 Å². The topological polar surface area (TPSA) is 70.5 Å². The van der Waals surface area contributed by atoms with Gasteiger partial charge in [0.1, 0.15) is 0 Å². The molecule has 0 fully saturated rings. The van der Waals surface area contributed by atoms with Crippen molar-refractivity contribution in [1.82, 2.24) is 0 Å². The molecule has 0 spiro atoms. The molecule has 0 bridgehead atoms. The zero-order valence-electron chi connectivity index (χ0n) is 32.4. The number of hydrogen-bond acceptors (Lipinski definition) is 4. The van der Waals surface area contributed by atoms with Crippen LogP contribution in [0, 0.1) is 5.41 Å². The fourth-order valence-corrected chi connectivity index (χ4v) is 6.44. The summed E-state index contributed by atoms with van der Waals surface area (Å²) in [5.41, 5.74) is 12.0. The van der Waals surface area contributed by atoms with Gasteiger partial charge in [0, 0.05) is 31.7 Å². The van der Waals surface area contributed by atoms with E-state index in [2.05, 4.69) is 13.8 Å². The molecule has 0 radical (unpaired) electrons. The Balaban J connectivity index is 0. The Morgan fingerprint density at radius 2 is 0.562 bits per heavy atom. The Hall–Kier alpha value is 1.11. The Labute approximate surface area is 318 Å². The maximum atomic E-state index is 6.13. The molecule has 0 saturated carbocycles. The third kappa shape index (κ3) is 41.5. The Morgan fingerprint density at radius 1 is 0.375 bits per heavy atom. The summed E-state index contributed by atoms with van der Waals surface area (Å²) >= 11 is -0.472. The molecule has 4 nitrogen and oxygen atoms in total. The molecule has 0 rings (SSSR count). The molecule has 4 N–H and O–H groups in total. The molecule has 0 aromatic heterocycles. The van der Waals surface area contributed by atoms with E-state index in [0.717, 1.165) is 26.1 Å². The molecule has 0 aliphatic rings. The molecule has 48 heavy (non-hydrogen) atoms. The standard InChI is InChI=1S/C41H86N2O2.2ClH.Pt/c1-3-5-7-9-11-13-15-17-19-21-23-25-27-29-31-33-35-44-39-41(37-42,38-43)40-45-36-34-32-30-28-26-24-22-20-18-16-14-12-10-8-6-4-2;;;/h3-40,42-43H2,1-2H3;2*1H;/q;;;+2/p-2. The average molecular weight is 905 g/mol. The molecule has 0 saturated heterocycles. The van der Waals surface area contributed by atoms with Crippen LogP contribution in [0.2, 0.25) is 0 Å². The van der Waals surface area contributed by atoms with Crippen molar-refractivity contribution in [1.29, 1.82) is 0 Å². The molecule has 0 aromatic carbocycles. The monoisotopic (exact) mass is 904 g/mol. The van der Waals surface area contributed by atoms with Gasteiger partial charge in [-0.1, -0.05) is 206 Å². The van der Waals surface area contributed by atoms with E-state index in [1.807, 2.05) is 0 Å². The average Bonchev–Trinajstić information content (AvgIpc) is 3.10. The Kier molecular flexibility index (Phi) is 49.2. The first kappa shape index (κ1) is 51.2. The summed E-state index contributed by atoms with van der Waals surface area (Å²) in [7, 11) is 9.75. The Morgan fingerprint density at radius 3 is 0.750 bits per heavy atom. The van der Waals surface area contributed by atoms with Crippen LogP contribution in [0.25, 0.3) is 0 Å². The van der Waals surface area contributed by atoms with Gasteiger partial charge in [-0.3, -0.25) is 0 Å². The van der Waals surface area contributed by atoms with Crippen molar-refractivity contribution in [3.8, 4) is 0 Å². The first-order valence-electron chi connectivity index (χ1n) is 21.0. The maximum absolute atomic E-state index is 6.13. The molecule has 0 amide bonds. The minimum absolute atomic E-state index is 0.232. The van der Waals surface area contributed by atoms with Crippen LogP contribution < -0.4 is 11.5 Å². The molecule has 0 aromatic rings. The van der Waals surface area contributed by atoms with Crippen LogP contribution >= 0.6 is 18.8 Å². The third-order valence-electron chi connectivity index (χ3n) is 9.97. The summed E-state index contributed by atoms with van der Waals surface area (Å²) in [5, 5.41) is 0. The SMILES string of the molecule is CCCCCCCCCCCCCCCCCCOCC(CN)(CN)COCCCCCCCCCCCCCCCCCC.[Cl][Pt][Cl].